The molecule has 1 heterocycles. The lowest BCUT2D eigenvalue weighted by molar-refractivity contribution is -0.102. The topological polar surface area (TPSA) is 29.4 Å². The van der Waals surface area contributed by atoms with Gasteiger partial charge >= 0.3 is 0 Å². The van der Waals surface area contributed by atoms with E-state index >= 15 is 0 Å². The summed E-state index contributed by atoms with van der Waals surface area (Å²) in [6, 6.07) is 0. The number of aliphatic imine (C=N–C) groups is 1. The number of aldehydes is 1. The minimum absolute atomic E-state index is 0.0615. The Labute approximate surface area is 94.3 Å². The van der Waals surface area contributed by atoms with E-state index in [0.717, 1.165) is 24.8 Å². The molecule has 80 valence electrons. The molecule has 0 N–H and O–H groups in total. The van der Waals surface area contributed by atoms with Gasteiger partial charge in [0.1, 0.15) is 4.87 Å². The van der Waals surface area contributed by atoms with Gasteiger partial charge in [0.2, 0.25) is 0 Å². The van der Waals surface area contributed by atoms with E-state index in [1.54, 1.807) is 23.5 Å². The monoisotopic (exact) mass is 231 g/mol. The first-order valence-electron chi connectivity index (χ1n) is 4.71. The maximum Gasteiger partial charge on any atom is 0.165 e. The zero-order valence-electron chi connectivity index (χ0n) is 9.16. The lowest BCUT2D eigenvalue weighted by Gasteiger charge is -2.27. The molecule has 0 fully saturated rings. The standard InChI is InChI=1S/C10H17NOS2/c1-5-10(14-4)7-9(2,13-3)8(6-12)11-10/h6H,5,7H2,1-4H3. The summed E-state index contributed by atoms with van der Waals surface area (Å²) in [5.74, 6) is 0. The van der Waals surface area contributed by atoms with E-state index in [4.69, 9.17) is 0 Å². The van der Waals surface area contributed by atoms with Crippen LogP contribution in [0.15, 0.2) is 4.99 Å². The average molecular weight is 231 g/mol. The highest BCUT2D eigenvalue weighted by Gasteiger charge is 2.46. The molecule has 2 nitrogen and oxygen atoms in total. The Morgan fingerprint density at radius 2 is 2.14 bits per heavy atom. The number of rotatable bonds is 4. The molecule has 0 aromatic heterocycles. The normalized spacial score (nSPS) is 37.0. The second kappa shape index (κ2) is 4.27. The van der Waals surface area contributed by atoms with Crippen LogP contribution in [0.25, 0.3) is 0 Å². The largest absolute Gasteiger partial charge is 0.296 e. The molecule has 14 heavy (non-hydrogen) atoms. The van der Waals surface area contributed by atoms with E-state index in [1.807, 2.05) is 6.26 Å². The van der Waals surface area contributed by atoms with Crippen LogP contribution in [0.1, 0.15) is 26.7 Å². The molecule has 0 spiro atoms. The Morgan fingerprint density at radius 1 is 1.50 bits per heavy atom. The smallest absolute Gasteiger partial charge is 0.165 e. The molecule has 2 atom stereocenters. The van der Waals surface area contributed by atoms with Crippen LogP contribution in [0.2, 0.25) is 0 Å². The Balaban J connectivity index is 3.03. The molecule has 0 saturated heterocycles. The van der Waals surface area contributed by atoms with Crippen molar-refractivity contribution >= 4 is 35.5 Å². The molecule has 0 aliphatic carbocycles. The van der Waals surface area contributed by atoms with Gasteiger partial charge in [0, 0.05) is 6.42 Å². The molecule has 2 unspecified atom stereocenters. The fourth-order valence-corrected chi connectivity index (χ4v) is 3.48. The molecule has 1 rings (SSSR count). The lowest BCUT2D eigenvalue weighted by atomic mass is 10.00. The van der Waals surface area contributed by atoms with Crippen molar-refractivity contribution in [3.8, 4) is 0 Å². The van der Waals surface area contributed by atoms with Gasteiger partial charge in [-0.2, -0.15) is 11.8 Å². The zero-order chi connectivity index (χ0) is 10.8. The van der Waals surface area contributed by atoms with Crippen molar-refractivity contribution in [3.63, 3.8) is 0 Å². The van der Waals surface area contributed by atoms with E-state index in [9.17, 15) is 4.79 Å². The van der Waals surface area contributed by atoms with Crippen LogP contribution >= 0.6 is 23.5 Å². The maximum atomic E-state index is 10.9. The number of hydrogen-bond donors (Lipinski definition) is 0. The molecule has 1 aliphatic rings. The molecule has 0 amide bonds. The van der Waals surface area contributed by atoms with Crippen molar-refractivity contribution in [1.82, 2.24) is 0 Å². The Morgan fingerprint density at radius 3 is 2.43 bits per heavy atom. The maximum absolute atomic E-state index is 10.9. The van der Waals surface area contributed by atoms with Gasteiger partial charge in [-0.3, -0.25) is 9.79 Å². The van der Waals surface area contributed by atoms with Crippen molar-refractivity contribution in [3.05, 3.63) is 0 Å². The minimum Gasteiger partial charge on any atom is -0.296 e. The van der Waals surface area contributed by atoms with Gasteiger partial charge in [-0.1, -0.05) is 6.92 Å². The summed E-state index contributed by atoms with van der Waals surface area (Å²) in [6.45, 7) is 4.24. The van der Waals surface area contributed by atoms with Gasteiger partial charge in [-0.05, 0) is 25.9 Å². The predicted molar refractivity (Wildman–Crippen MR) is 66.6 cm³/mol. The Hall–Kier alpha value is 0.0400. The van der Waals surface area contributed by atoms with Crippen LogP contribution in [0.4, 0.5) is 0 Å². The van der Waals surface area contributed by atoms with Crippen LogP contribution in [0.3, 0.4) is 0 Å². The molecule has 0 aromatic rings. The van der Waals surface area contributed by atoms with E-state index in [1.165, 1.54) is 0 Å². The fourth-order valence-electron chi connectivity index (χ4n) is 1.79. The molecular formula is C10H17NOS2. The highest BCUT2D eigenvalue weighted by molar-refractivity contribution is 8.01. The quantitative estimate of drug-likeness (QED) is 0.697. The van der Waals surface area contributed by atoms with Crippen molar-refractivity contribution in [2.45, 2.75) is 36.3 Å². The SMILES string of the molecule is CCC1(SC)CC(C)(SC)C(C=O)=N1. The summed E-state index contributed by atoms with van der Waals surface area (Å²) in [7, 11) is 0. The molecule has 1 aliphatic heterocycles. The van der Waals surface area contributed by atoms with Crippen molar-refractivity contribution in [1.29, 1.82) is 0 Å². The van der Waals surface area contributed by atoms with Gasteiger partial charge in [0.25, 0.3) is 0 Å². The highest BCUT2D eigenvalue weighted by Crippen LogP contribution is 2.47. The van der Waals surface area contributed by atoms with Crippen LogP contribution < -0.4 is 0 Å². The number of hydrogen-bond acceptors (Lipinski definition) is 4. The third-order valence-corrected chi connectivity index (χ3v) is 5.51. The van der Waals surface area contributed by atoms with Crippen molar-refractivity contribution < 1.29 is 4.79 Å². The van der Waals surface area contributed by atoms with Crippen LogP contribution in [0.5, 0.6) is 0 Å². The van der Waals surface area contributed by atoms with E-state index in [0.29, 0.717) is 0 Å². The van der Waals surface area contributed by atoms with E-state index in [-0.39, 0.29) is 9.62 Å². The van der Waals surface area contributed by atoms with Crippen LogP contribution in [0, 0.1) is 0 Å². The summed E-state index contributed by atoms with van der Waals surface area (Å²) < 4.78 is -0.0826. The molecule has 0 radical (unpaired) electrons. The summed E-state index contributed by atoms with van der Waals surface area (Å²) in [6.07, 6.45) is 6.99. The molecule has 0 aromatic carbocycles. The molecule has 4 heteroatoms. The van der Waals surface area contributed by atoms with Gasteiger partial charge in [-0.25, -0.2) is 0 Å². The van der Waals surface area contributed by atoms with Gasteiger partial charge in [-0.15, -0.1) is 11.8 Å². The lowest BCUT2D eigenvalue weighted by Crippen LogP contribution is -2.31. The van der Waals surface area contributed by atoms with E-state index < -0.39 is 0 Å². The molecule has 0 bridgehead atoms. The number of thioether (sulfide) groups is 2. The van der Waals surface area contributed by atoms with Crippen LogP contribution in [-0.2, 0) is 4.79 Å². The number of carbonyl (C=O) groups is 1. The van der Waals surface area contributed by atoms with Gasteiger partial charge < -0.3 is 0 Å². The summed E-state index contributed by atoms with van der Waals surface area (Å²) in [5.41, 5.74) is 0.723. The van der Waals surface area contributed by atoms with Crippen molar-refractivity contribution in [2.24, 2.45) is 4.99 Å². The van der Waals surface area contributed by atoms with Gasteiger partial charge in [0.05, 0.1) is 10.5 Å². The second-order valence-electron chi connectivity index (χ2n) is 3.73. The Bertz CT molecular complexity index is 261. The highest BCUT2D eigenvalue weighted by atomic mass is 32.2. The van der Waals surface area contributed by atoms with Crippen LogP contribution in [-0.4, -0.2) is 34.1 Å². The first-order chi connectivity index (χ1) is 6.55. The third kappa shape index (κ3) is 1.87. The second-order valence-corrected chi connectivity index (χ2v) is 6.21. The van der Waals surface area contributed by atoms with Gasteiger partial charge in [0.15, 0.2) is 6.29 Å². The summed E-state index contributed by atoms with van der Waals surface area (Å²) in [4.78, 5) is 15.5. The summed E-state index contributed by atoms with van der Waals surface area (Å²) in [5, 5.41) is 0. The average Bonchev–Trinajstić information content (AvgIpc) is 2.53. The third-order valence-electron chi connectivity index (χ3n) is 2.97. The van der Waals surface area contributed by atoms with Crippen molar-refractivity contribution in [2.75, 3.05) is 12.5 Å². The molecular weight excluding hydrogens is 214 g/mol. The zero-order valence-corrected chi connectivity index (χ0v) is 10.8. The minimum atomic E-state index is -0.0826. The fraction of sp³-hybridized carbons (Fsp3) is 0.800. The Kier molecular flexibility index (Phi) is 3.69. The first kappa shape index (κ1) is 12.1. The van der Waals surface area contributed by atoms with E-state index in [2.05, 4.69) is 25.1 Å². The summed E-state index contributed by atoms with van der Waals surface area (Å²) >= 11 is 3.48. The predicted octanol–water partition coefficient (Wildman–Crippen LogP) is 2.62. The number of nitrogens with zero attached hydrogens (tertiary/aromatic N) is 1. The molecule has 0 saturated carbocycles. The number of carbonyl (C=O) groups excluding carboxylic acids is 1. The first-order valence-corrected chi connectivity index (χ1v) is 7.16.